The second-order valence-electron chi connectivity index (χ2n) is 5.50. The fourth-order valence-corrected chi connectivity index (χ4v) is 3.99. The van der Waals surface area contributed by atoms with E-state index in [0.29, 0.717) is 34.4 Å². The molecule has 0 saturated carbocycles. The zero-order valence-electron chi connectivity index (χ0n) is 13.6. The summed E-state index contributed by atoms with van der Waals surface area (Å²) in [5.74, 6) is 0.680. The summed E-state index contributed by atoms with van der Waals surface area (Å²) >= 11 is 2.87. The van der Waals surface area contributed by atoms with Gasteiger partial charge in [0.25, 0.3) is 0 Å². The first-order valence-electron chi connectivity index (χ1n) is 7.57. The van der Waals surface area contributed by atoms with Gasteiger partial charge in [0.05, 0.1) is 17.6 Å². The number of rotatable bonds is 6. The predicted molar refractivity (Wildman–Crippen MR) is 95.1 cm³/mol. The second kappa shape index (κ2) is 7.18. The zero-order valence-corrected chi connectivity index (χ0v) is 15.2. The SMILES string of the molecule is CCOC(=O)c1csc2ncnc(Nc3nnc(CC(C)C)s3)c12. The molecule has 0 spiro atoms. The van der Waals surface area contributed by atoms with Crippen LogP contribution in [0.25, 0.3) is 10.2 Å². The first kappa shape index (κ1) is 16.7. The molecule has 7 nitrogen and oxygen atoms in total. The van der Waals surface area contributed by atoms with Crippen LogP contribution < -0.4 is 5.32 Å². The fraction of sp³-hybridized carbons (Fsp3) is 0.400. The molecule has 1 N–H and O–H groups in total. The smallest absolute Gasteiger partial charge is 0.339 e. The van der Waals surface area contributed by atoms with Gasteiger partial charge in [-0.15, -0.1) is 21.5 Å². The van der Waals surface area contributed by atoms with E-state index >= 15 is 0 Å². The maximum Gasteiger partial charge on any atom is 0.339 e. The van der Waals surface area contributed by atoms with Crippen LogP contribution in [-0.2, 0) is 11.2 Å². The first-order valence-corrected chi connectivity index (χ1v) is 9.26. The molecule has 0 aliphatic carbocycles. The lowest BCUT2D eigenvalue weighted by atomic mass is 10.1. The van der Waals surface area contributed by atoms with Crippen molar-refractivity contribution < 1.29 is 9.53 Å². The van der Waals surface area contributed by atoms with Gasteiger partial charge in [-0.25, -0.2) is 14.8 Å². The Morgan fingerprint density at radius 3 is 2.92 bits per heavy atom. The van der Waals surface area contributed by atoms with Crippen LogP contribution in [0.4, 0.5) is 10.9 Å². The third-order valence-corrected chi connectivity index (χ3v) is 4.89. The van der Waals surface area contributed by atoms with Gasteiger partial charge < -0.3 is 10.1 Å². The average Bonchev–Trinajstić information content (AvgIpc) is 3.14. The van der Waals surface area contributed by atoms with Crippen molar-refractivity contribution in [2.75, 3.05) is 11.9 Å². The van der Waals surface area contributed by atoms with Crippen LogP contribution in [0.15, 0.2) is 11.7 Å². The summed E-state index contributed by atoms with van der Waals surface area (Å²) in [5, 5.41) is 15.5. The van der Waals surface area contributed by atoms with Gasteiger partial charge in [-0.2, -0.15) is 0 Å². The Kier molecular flexibility index (Phi) is 5.00. The number of nitrogens with zero attached hydrogens (tertiary/aromatic N) is 4. The van der Waals surface area contributed by atoms with Crippen molar-refractivity contribution >= 4 is 49.8 Å². The van der Waals surface area contributed by atoms with Crippen LogP contribution in [0.2, 0.25) is 0 Å². The van der Waals surface area contributed by atoms with Crippen molar-refractivity contribution in [1.29, 1.82) is 0 Å². The molecule has 0 radical (unpaired) electrons. The van der Waals surface area contributed by atoms with E-state index in [1.807, 2.05) is 0 Å². The van der Waals surface area contributed by atoms with E-state index in [1.165, 1.54) is 29.0 Å². The van der Waals surface area contributed by atoms with Gasteiger partial charge in [0.2, 0.25) is 5.13 Å². The van der Waals surface area contributed by atoms with Crippen LogP contribution in [0.3, 0.4) is 0 Å². The van der Waals surface area contributed by atoms with E-state index in [2.05, 4.69) is 39.3 Å². The molecule has 3 heterocycles. The van der Waals surface area contributed by atoms with Crippen LogP contribution >= 0.6 is 22.7 Å². The summed E-state index contributed by atoms with van der Waals surface area (Å²) in [6, 6.07) is 0. The van der Waals surface area contributed by atoms with Gasteiger partial charge in [0.1, 0.15) is 22.0 Å². The molecule has 0 aliphatic rings. The highest BCUT2D eigenvalue weighted by Crippen LogP contribution is 2.32. The van der Waals surface area contributed by atoms with Crippen LogP contribution in [0, 0.1) is 5.92 Å². The number of nitrogens with one attached hydrogen (secondary N) is 1. The third kappa shape index (κ3) is 3.51. The van der Waals surface area contributed by atoms with E-state index in [9.17, 15) is 4.79 Å². The summed E-state index contributed by atoms with van der Waals surface area (Å²) < 4.78 is 5.11. The topological polar surface area (TPSA) is 89.9 Å². The lowest BCUT2D eigenvalue weighted by Gasteiger charge is -2.05. The normalized spacial score (nSPS) is 11.2. The van der Waals surface area contributed by atoms with Gasteiger partial charge in [0, 0.05) is 11.8 Å². The molecular weight excluding hydrogens is 346 g/mol. The Morgan fingerprint density at radius 2 is 2.17 bits per heavy atom. The molecule has 9 heteroatoms. The van der Waals surface area contributed by atoms with Gasteiger partial charge in [-0.1, -0.05) is 25.2 Å². The van der Waals surface area contributed by atoms with Gasteiger partial charge >= 0.3 is 5.97 Å². The predicted octanol–water partition coefficient (Wildman–Crippen LogP) is 3.66. The number of fused-ring (bicyclic) bond motifs is 1. The van der Waals surface area contributed by atoms with Crippen LogP contribution in [0.1, 0.15) is 36.1 Å². The summed E-state index contributed by atoms with van der Waals surface area (Å²) in [6.45, 7) is 6.38. The number of esters is 1. The number of aromatic nitrogens is 4. The summed E-state index contributed by atoms with van der Waals surface area (Å²) in [6.07, 6.45) is 2.34. The molecule has 0 bridgehead atoms. The fourth-order valence-electron chi connectivity index (χ4n) is 2.17. The van der Waals surface area contributed by atoms with Crippen molar-refractivity contribution in [2.24, 2.45) is 5.92 Å². The molecular formula is C15H17N5O2S2. The van der Waals surface area contributed by atoms with Crippen molar-refractivity contribution in [3.05, 3.63) is 22.3 Å². The standard InChI is InChI=1S/C15H17N5O2S2/c1-4-22-14(21)9-6-23-13-11(9)12(16-7-17-13)18-15-20-19-10(24-15)5-8(2)3/h6-8H,4-5H2,1-3H3,(H,16,17,18,20). The molecule has 3 rings (SSSR count). The van der Waals surface area contributed by atoms with E-state index in [-0.39, 0.29) is 5.97 Å². The number of carbonyl (C=O) groups is 1. The minimum atomic E-state index is -0.376. The molecule has 3 aromatic heterocycles. The summed E-state index contributed by atoms with van der Waals surface area (Å²) in [4.78, 5) is 21.3. The van der Waals surface area contributed by atoms with Gasteiger partial charge in [0.15, 0.2) is 0 Å². The number of ether oxygens (including phenoxy) is 1. The average molecular weight is 363 g/mol. The maximum atomic E-state index is 12.1. The highest BCUT2D eigenvalue weighted by Gasteiger charge is 2.19. The molecule has 24 heavy (non-hydrogen) atoms. The summed E-state index contributed by atoms with van der Waals surface area (Å²) in [7, 11) is 0. The van der Waals surface area contributed by atoms with Crippen molar-refractivity contribution in [3.63, 3.8) is 0 Å². The van der Waals surface area contributed by atoms with Crippen LogP contribution in [0.5, 0.6) is 0 Å². The van der Waals surface area contributed by atoms with E-state index in [1.54, 1.807) is 12.3 Å². The lowest BCUT2D eigenvalue weighted by molar-refractivity contribution is 0.0529. The molecule has 0 saturated heterocycles. The minimum Gasteiger partial charge on any atom is -0.462 e. The van der Waals surface area contributed by atoms with Crippen LogP contribution in [-0.4, -0.2) is 32.7 Å². The van der Waals surface area contributed by atoms with E-state index in [0.717, 1.165) is 16.3 Å². The molecule has 126 valence electrons. The molecule has 0 fully saturated rings. The van der Waals surface area contributed by atoms with E-state index < -0.39 is 0 Å². The highest BCUT2D eigenvalue weighted by atomic mass is 32.1. The molecule has 0 atom stereocenters. The Labute approximate surface area is 147 Å². The van der Waals surface area contributed by atoms with Gasteiger partial charge in [-0.3, -0.25) is 0 Å². The Bertz CT molecular complexity index is 859. The van der Waals surface area contributed by atoms with Gasteiger partial charge in [-0.05, 0) is 12.8 Å². The second-order valence-corrected chi connectivity index (χ2v) is 7.42. The molecule has 0 amide bonds. The van der Waals surface area contributed by atoms with Crippen molar-refractivity contribution in [3.8, 4) is 0 Å². The lowest BCUT2D eigenvalue weighted by Crippen LogP contribution is -2.05. The Morgan fingerprint density at radius 1 is 1.33 bits per heavy atom. The van der Waals surface area contributed by atoms with Crippen molar-refractivity contribution in [1.82, 2.24) is 20.2 Å². The van der Waals surface area contributed by atoms with Crippen molar-refractivity contribution in [2.45, 2.75) is 27.2 Å². The molecule has 0 aromatic carbocycles. The molecule has 0 unspecified atom stereocenters. The number of carbonyl (C=O) groups excluding carboxylic acids is 1. The number of anilines is 2. The van der Waals surface area contributed by atoms with E-state index in [4.69, 9.17) is 4.74 Å². The third-order valence-electron chi connectivity index (χ3n) is 3.14. The highest BCUT2D eigenvalue weighted by molar-refractivity contribution is 7.17. The number of hydrogen-bond acceptors (Lipinski definition) is 9. The number of thiophene rings is 1. The largest absolute Gasteiger partial charge is 0.462 e. The Balaban J connectivity index is 1.93. The first-order chi connectivity index (χ1) is 11.6. The Hall–Kier alpha value is -2.13. The zero-order chi connectivity index (χ0) is 17.1. The number of hydrogen-bond donors (Lipinski definition) is 1. The molecule has 0 aliphatic heterocycles. The quantitative estimate of drug-likeness (QED) is 0.668. The monoisotopic (exact) mass is 363 g/mol. The summed E-state index contributed by atoms with van der Waals surface area (Å²) in [5.41, 5.74) is 0.465. The molecule has 3 aromatic rings. The maximum absolute atomic E-state index is 12.1. The minimum absolute atomic E-state index is 0.321.